The normalized spacial score (nSPS) is 8.40. The standard InChI is InChI=1S/C22H27NO.5CO.Cr/c1-3-11-22(16-17-24-4-2)23(18-20-12-7-5-8-13-20)19-21-14-9-6-10-15-21;5*1-2;/h5-10,12-16H,3-4,11,18-19H2,1-2H3;;;;;;/b22-16-;;;;;;. The van der Waals surface area contributed by atoms with E-state index in [2.05, 4.69) is 128 Å². The number of allylic oxidation sites excluding steroid dienone is 1. The molecule has 2 aromatic carbocycles. The summed E-state index contributed by atoms with van der Waals surface area (Å²) in [5.74, 6) is 0. The van der Waals surface area contributed by atoms with Gasteiger partial charge in [0, 0.05) is 0 Å². The predicted molar refractivity (Wildman–Crippen MR) is 121 cm³/mol. The second-order valence-electron chi connectivity index (χ2n) is 5.96. The van der Waals surface area contributed by atoms with Crippen molar-refractivity contribution in [1.29, 1.82) is 0 Å². The molecule has 182 valence electrons. The number of rotatable bonds is 10. The first-order valence-corrected chi connectivity index (χ1v) is 10.6. The Hall–Kier alpha value is -2.96. The molecule has 0 atom stereocenters. The zero-order valence-electron chi connectivity index (χ0n) is 19.7. The molecule has 35 heavy (non-hydrogen) atoms. The van der Waals surface area contributed by atoms with Crippen LogP contribution in [0.5, 0.6) is 0 Å². The third kappa shape index (κ3) is 21.3. The Balaban J connectivity index is -0.000000426. The van der Waals surface area contributed by atoms with Gasteiger partial charge in [0.05, 0.1) is 0 Å². The topological polar surface area (TPSA) is 112 Å². The molecule has 0 spiro atoms. The molecule has 7 nitrogen and oxygen atoms in total. The third-order valence-corrected chi connectivity index (χ3v) is 4.28. The average Bonchev–Trinajstić information content (AvgIpc) is 2.95. The van der Waals surface area contributed by atoms with Crippen LogP contribution < -0.4 is 0 Å². The fraction of sp³-hybridized carbons (Fsp3) is 0.259. The van der Waals surface area contributed by atoms with Crippen LogP contribution in [0.1, 0.15) is 37.8 Å². The summed E-state index contributed by atoms with van der Waals surface area (Å²) in [4.78, 5) is 2.45. The van der Waals surface area contributed by atoms with Gasteiger partial charge in [-0.15, -0.1) is 0 Å². The summed E-state index contributed by atoms with van der Waals surface area (Å²) in [6, 6.07) is 21.3. The first kappa shape index (κ1) is 39.3. The minimum atomic E-state index is 0.676. The number of hydrogen-bond donors (Lipinski definition) is 0. The molecule has 0 unspecified atom stereocenters. The van der Waals surface area contributed by atoms with Gasteiger partial charge in [0.15, 0.2) is 0 Å². The monoisotopic (exact) mass is 513 g/mol. The average molecular weight is 514 g/mol. The summed E-state index contributed by atoms with van der Waals surface area (Å²) in [5.41, 5.74) is 3.94. The van der Waals surface area contributed by atoms with Crippen molar-refractivity contribution in [3.63, 3.8) is 0 Å². The molecule has 8 heteroatoms. The number of ether oxygens (including phenoxy) is 1. The van der Waals surface area contributed by atoms with Gasteiger partial charge in [-0.1, -0.05) is 0 Å². The van der Waals surface area contributed by atoms with Gasteiger partial charge in [0.25, 0.3) is 0 Å². The molecule has 2 rings (SSSR count). The van der Waals surface area contributed by atoms with E-state index in [1.54, 1.807) is 0 Å². The SMILES string of the molecule is CCC/C(=C/[C](=[Cr])OCC)N(Cc1ccccc1)Cc1ccccc1.[C-]#[O+].[C-]#[O+].[C-]#[O+].[C-]#[O+].[C-]#[O+]. The molecule has 0 fully saturated rings. The van der Waals surface area contributed by atoms with Gasteiger partial charge in [-0.05, 0) is 0 Å². The molecule has 0 aliphatic rings. The van der Waals surface area contributed by atoms with Crippen molar-refractivity contribution in [1.82, 2.24) is 4.90 Å². The molecule has 0 N–H and O–H groups in total. The van der Waals surface area contributed by atoms with Gasteiger partial charge < -0.3 is 0 Å². The summed E-state index contributed by atoms with van der Waals surface area (Å²) >= 11 is 3.04. The summed E-state index contributed by atoms with van der Waals surface area (Å²) in [7, 11) is 0. The van der Waals surface area contributed by atoms with Gasteiger partial charge in [0.2, 0.25) is 0 Å². The van der Waals surface area contributed by atoms with Crippen molar-refractivity contribution in [3.05, 3.63) is 117 Å². The van der Waals surface area contributed by atoms with E-state index in [9.17, 15) is 0 Å². The molecule has 0 aliphatic heterocycles. The quantitative estimate of drug-likeness (QED) is 0.332. The molecule has 0 heterocycles. The molecule has 0 saturated carbocycles. The third-order valence-electron chi connectivity index (χ3n) is 3.92. The molecule has 0 bridgehead atoms. The van der Waals surface area contributed by atoms with E-state index in [0.717, 1.165) is 30.5 Å². The van der Waals surface area contributed by atoms with Crippen LogP contribution in [-0.4, -0.2) is 16.1 Å². The van der Waals surface area contributed by atoms with Crippen LogP contribution in [0.15, 0.2) is 72.4 Å². The molecule has 0 amide bonds. The Kier molecular flexibility index (Phi) is 37.3. The van der Waals surface area contributed by atoms with Gasteiger partial charge in [-0.3, -0.25) is 0 Å². The van der Waals surface area contributed by atoms with Gasteiger partial charge in [-0.25, -0.2) is 0 Å². The molecule has 0 aliphatic carbocycles. The molecule has 0 saturated heterocycles. The van der Waals surface area contributed by atoms with Gasteiger partial charge in [0.1, 0.15) is 0 Å². The van der Waals surface area contributed by atoms with Crippen LogP contribution in [0.2, 0.25) is 0 Å². The second-order valence-corrected chi connectivity index (χ2v) is 6.59. The van der Waals surface area contributed by atoms with Crippen molar-refractivity contribution in [3.8, 4) is 0 Å². The van der Waals surface area contributed by atoms with Crippen molar-refractivity contribution >= 4 is 4.57 Å². The van der Waals surface area contributed by atoms with Crippen LogP contribution in [0, 0.1) is 33.3 Å². The zero-order chi connectivity index (χ0) is 27.9. The van der Waals surface area contributed by atoms with Crippen LogP contribution in [0.3, 0.4) is 0 Å². The van der Waals surface area contributed by atoms with Gasteiger partial charge >= 0.3 is 217 Å². The Morgan fingerprint density at radius 1 is 0.743 bits per heavy atom. The predicted octanol–water partition coefficient (Wildman–Crippen LogP) is 4.90. The van der Waals surface area contributed by atoms with Crippen LogP contribution in [0.4, 0.5) is 0 Å². The Morgan fingerprint density at radius 3 is 1.43 bits per heavy atom. The number of nitrogens with zero attached hydrogens (tertiary/aromatic N) is 1. The van der Waals surface area contributed by atoms with E-state index in [1.807, 2.05) is 6.92 Å². The summed E-state index contributed by atoms with van der Waals surface area (Å²) in [5, 5.41) is 0. The first-order valence-electron chi connectivity index (χ1n) is 9.95. The molecule has 2 aromatic rings. The zero-order valence-corrected chi connectivity index (χ0v) is 21.0. The first-order chi connectivity index (χ1) is 17.2. The van der Waals surface area contributed by atoms with E-state index < -0.39 is 0 Å². The van der Waals surface area contributed by atoms with Crippen molar-refractivity contribution in [2.75, 3.05) is 6.61 Å². The molecule has 0 aromatic heterocycles. The maximum absolute atomic E-state index is 7.50. The Bertz CT molecular complexity index is 810. The van der Waals surface area contributed by atoms with Crippen molar-refractivity contribution in [2.45, 2.75) is 39.8 Å². The summed E-state index contributed by atoms with van der Waals surface area (Å²) < 4.78 is 44.0. The molecular formula is C27H27CrNO6. The van der Waals surface area contributed by atoms with E-state index in [1.165, 1.54) is 16.8 Å². The second kappa shape index (κ2) is 33.2. The fourth-order valence-electron chi connectivity index (χ4n) is 2.76. The van der Waals surface area contributed by atoms with E-state index in [4.69, 9.17) is 28.0 Å². The Labute approximate surface area is 216 Å². The van der Waals surface area contributed by atoms with Crippen LogP contribution in [0.25, 0.3) is 0 Å². The van der Waals surface area contributed by atoms with Crippen molar-refractivity contribution < 1.29 is 43.8 Å². The van der Waals surface area contributed by atoms with E-state index >= 15 is 0 Å². The Morgan fingerprint density at radius 2 is 1.11 bits per heavy atom. The van der Waals surface area contributed by atoms with Crippen LogP contribution in [-0.2, 0) is 56.9 Å². The van der Waals surface area contributed by atoms with Crippen LogP contribution >= 0.6 is 0 Å². The minimum absolute atomic E-state index is 0.676. The number of benzene rings is 2. The maximum atomic E-state index is 7.50. The summed E-state index contributed by atoms with van der Waals surface area (Å²) in [6.45, 7) is 29.2. The molecular weight excluding hydrogens is 486 g/mol. The van der Waals surface area contributed by atoms with Crippen molar-refractivity contribution in [2.24, 2.45) is 0 Å². The van der Waals surface area contributed by atoms with E-state index in [-0.39, 0.29) is 0 Å². The number of hydrogen-bond acceptors (Lipinski definition) is 2. The van der Waals surface area contributed by atoms with Gasteiger partial charge in [-0.2, -0.15) is 0 Å². The molecule has 0 radical (unpaired) electrons. The van der Waals surface area contributed by atoms with E-state index in [0.29, 0.717) is 6.61 Å². The fourth-order valence-corrected chi connectivity index (χ4v) is 3.16. The summed E-state index contributed by atoms with van der Waals surface area (Å²) in [6.07, 6.45) is 4.28.